The zero-order valence-corrected chi connectivity index (χ0v) is 14.2. The number of rotatable bonds is 4. The van der Waals surface area contributed by atoms with Crippen LogP contribution in [0.2, 0.25) is 0 Å². The molecular weight excluding hydrogens is 306 g/mol. The molecule has 1 aromatic heterocycles. The molecule has 6 heteroatoms. The van der Waals surface area contributed by atoms with Crippen LogP contribution < -0.4 is 10.3 Å². The Hall–Kier alpha value is -2.34. The van der Waals surface area contributed by atoms with Gasteiger partial charge in [-0.1, -0.05) is 36.9 Å². The van der Waals surface area contributed by atoms with Gasteiger partial charge < -0.3 is 5.32 Å². The molecule has 1 atom stereocenters. The lowest BCUT2D eigenvalue weighted by molar-refractivity contribution is 0.789. The van der Waals surface area contributed by atoms with Crippen molar-refractivity contribution in [1.29, 1.82) is 0 Å². The summed E-state index contributed by atoms with van der Waals surface area (Å²) in [5.74, 6) is 1.15. The summed E-state index contributed by atoms with van der Waals surface area (Å²) in [7, 11) is 1.91. The van der Waals surface area contributed by atoms with E-state index in [1.807, 2.05) is 61.0 Å². The van der Waals surface area contributed by atoms with Gasteiger partial charge in [-0.15, -0.1) is 0 Å². The second-order valence-corrected chi connectivity index (χ2v) is 5.96. The highest BCUT2D eigenvalue weighted by molar-refractivity contribution is 7.98. The maximum absolute atomic E-state index is 4.84. The summed E-state index contributed by atoms with van der Waals surface area (Å²) in [5.41, 5.74) is 2.92. The highest BCUT2D eigenvalue weighted by Gasteiger charge is 2.23. The molecule has 2 aromatic rings. The summed E-state index contributed by atoms with van der Waals surface area (Å²) in [4.78, 5) is 8.72. The lowest BCUT2D eigenvalue weighted by Gasteiger charge is -2.29. The van der Waals surface area contributed by atoms with Crippen LogP contribution in [0, 0.1) is 5.92 Å². The van der Waals surface area contributed by atoms with Gasteiger partial charge >= 0.3 is 0 Å². The van der Waals surface area contributed by atoms with Crippen molar-refractivity contribution in [2.75, 3.05) is 18.3 Å². The fraction of sp³-hybridized carbons (Fsp3) is 0.235. The van der Waals surface area contributed by atoms with Crippen LogP contribution in [0.3, 0.4) is 0 Å². The van der Waals surface area contributed by atoms with Crippen molar-refractivity contribution in [2.45, 2.75) is 12.1 Å². The predicted octanol–water partition coefficient (Wildman–Crippen LogP) is 3.12. The molecule has 0 fully saturated rings. The first-order chi connectivity index (χ1) is 11.2. The minimum atomic E-state index is 0.182. The fourth-order valence-electron chi connectivity index (χ4n) is 2.47. The van der Waals surface area contributed by atoms with Crippen molar-refractivity contribution >= 4 is 23.2 Å². The van der Waals surface area contributed by atoms with E-state index in [9.17, 15) is 0 Å². The third kappa shape index (κ3) is 3.22. The third-order valence-electron chi connectivity index (χ3n) is 3.64. The monoisotopic (exact) mass is 325 g/mol. The quantitative estimate of drug-likeness (QED) is 0.691. The lowest BCUT2D eigenvalue weighted by atomic mass is 9.99. The molecule has 118 valence electrons. The van der Waals surface area contributed by atoms with E-state index >= 15 is 0 Å². The van der Waals surface area contributed by atoms with Crippen LogP contribution in [-0.4, -0.2) is 29.0 Å². The molecule has 3 rings (SSSR count). The molecule has 1 aliphatic rings. The van der Waals surface area contributed by atoms with Gasteiger partial charge in [-0.25, -0.2) is 15.0 Å². The van der Waals surface area contributed by atoms with Gasteiger partial charge in [-0.2, -0.15) is 5.10 Å². The zero-order valence-electron chi connectivity index (χ0n) is 13.4. The molecule has 2 heterocycles. The molecule has 0 radical (unpaired) electrons. The summed E-state index contributed by atoms with van der Waals surface area (Å²) >= 11 is 1.53. The molecule has 1 N–H and O–H groups in total. The number of para-hydroxylation sites is 1. The summed E-state index contributed by atoms with van der Waals surface area (Å²) in [6.45, 7) is 2.13. The van der Waals surface area contributed by atoms with Crippen LogP contribution in [-0.2, 0) is 0 Å². The van der Waals surface area contributed by atoms with Crippen molar-refractivity contribution in [3.63, 3.8) is 0 Å². The Labute approximate surface area is 140 Å². The van der Waals surface area contributed by atoms with E-state index in [0.29, 0.717) is 0 Å². The SMILES string of the molecule is CNC1=CC(C)C(c2cnc(SC)nc2)=NN1c1ccccc1. The van der Waals surface area contributed by atoms with E-state index in [4.69, 9.17) is 5.10 Å². The number of hydrogen-bond acceptors (Lipinski definition) is 6. The van der Waals surface area contributed by atoms with Gasteiger partial charge in [-0.05, 0) is 24.5 Å². The van der Waals surface area contributed by atoms with E-state index in [1.54, 1.807) is 0 Å². The van der Waals surface area contributed by atoms with E-state index in [1.165, 1.54) is 11.8 Å². The van der Waals surface area contributed by atoms with Gasteiger partial charge in [0.25, 0.3) is 0 Å². The number of hydrogen-bond donors (Lipinski definition) is 1. The molecule has 0 saturated heterocycles. The molecule has 1 aliphatic heterocycles. The highest BCUT2D eigenvalue weighted by atomic mass is 32.2. The molecule has 0 spiro atoms. The normalized spacial score (nSPS) is 17.5. The summed E-state index contributed by atoms with van der Waals surface area (Å²) in [5, 5.41) is 10.7. The van der Waals surface area contributed by atoms with E-state index in [2.05, 4.69) is 28.3 Å². The van der Waals surface area contributed by atoms with Crippen LogP contribution >= 0.6 is 11.8 Å². The Morgan fingerprint density at radius 3 is 2.43 bits per heavy atom. The minimum Gasteiger partial charge on any atom is -0.373 e. The number of nitrogens with zero attached hydrogens (tertiary/aromatic N) is 4. The number of aromatic nitrogens is 2. The van der Waals surface area contributed by atoms with Gasteiger partial charge in [0.1, 0.15) is 5.82 Å². The first-order valence-electron chi connectivity index (χ1n) is 7.42. The second-order valence-electron chi connectivity index (χ2n) is 5.18. The lowest BCUT2D eigenvalue weighted by Crippen LogP contribution is -2.33. The fourth-order valence-corrected chi connectivity index (χ4v) is 2.78. The van der Waals surface area contributed by atoms with Gasteiger partial charge in [-0.3, -0.25) is 0 Å². The Bertz CT molecular complexity index is 724. The number of allylic oxidation sites excluding steroid dienone is 1. The number of hydrazone groups is 1. The molecule has 5 nitrogen and oxygen atoms in total. The largest absolute Gasteiger partial charge is 0.373 e. The van der Waals surface area contributed by atoms with Gasteiger partial charge in [0.05, 0.1) is 11.4 Å². The van der Waals surface area contributed by atoms with Gasteiger partial charge in [0.15, 0.2) is 5.16 Å². The molecular formula is C17H19N5S. The summed E-state index contributed by atoms with van der Waals surface area (Å²) in [6, 6.07) is 10.1. The number of benzene rings is 1. The van der Waals surface area contributed by atoms with Crippen LogP contribution in [0.1, 0.15) is 12.5 Å². The van der Waals surface area contributed by atoms with Crippen LogP contribution in [0.25, 0.3) is 0 Å². The van der Waals surface area contributed by atoms with E-state index in [-0.39, 0.29) is 5.92 Å². The Morgan fingerprint density at radius 2 is 1.83 bits per heavy atom. The van der Waals surface area contributed by atoms with Crippen molar-refractivity contribution in [3.8, 4) is 0 Å². The van der Waals surface area contributed by atoms with E-state index < -0.39 is 0 Å². The average molecular weight is 325 g/mol. The summed E-state index contributed by atoms with van der Waals surface area (Å²) in [6.07, 6.45) is 7.82. The molecule has 1 unspecified atom stereocenters. The molecule has 0 amide bonds. The van der Waals surface area contributed by atoms with Crippen LogP contribution in [0.15, 0.2) is 64.9 Å². The van der Waals surface area contributed by atoms with E-state index in [0.717, 1.165) is 27.9 Å². The van der Waals surface area contributed by atoms with Crippen LogP contribution in [0.5, 0.6) is 0 Å². The second kappa shape index (κ2) is 6.83. The molecule has 0 saturated carbocycles. The van der Waals surface area contributed by atoms with Crippen molar-refractivity contribution < 1.29 is 0 Å². The molecule has 1 aromatic carbocycles. The smallest absolute Gasteiger partial charge is 0.187 e. The number of thioether (sulfide) groups is 1. The maximum atomic E-state index is 4.84. The number of nitrogens with one attached hydrogen (secondary N) is 1. The van der Waals surface area contributed by atoms with Gasteiger partial charge in [0.2, 0.25) is 0 Å². The summed E-state index contributed by atoms with van der Waals surface area (Å²) < 4.78 is 0. The van der Waals surface area contributed by atoms with Crippen molar-refractivity contribution in [1.82, 2.24) is 15.3 Å². The molecule has 0 bridgehead atoms. The predicted molar refractivity (Wildman–Crippen MR) is 95.6 cm³/mol. The standard InChI is InChI=1S/C17H19N5S/c1-12-9-15(18-2)22(14-7-5-4-6-8-14)21-16(12)13-10-19-17(23-3)20-11-13/h4-12,18H,1-3H3. The average Bonchev–Trinajstić information content (AvgIpc) is 2.62. The first kappa shape index (κ1) is 15.6. The minimum absolute atomic E-state index is 0.182. The molecule has 23 heavy (non-hydrogen) atoms. The maximum Gasteiger partial charge on any atom is 0.187 e. The van der Waals surface area contributed by atoms with Crippen molar-refractivity contribution in [2.24, 2.45) is 11.0 Å². The Morgan fingerprint density at radius 1 is 1.13 bits per heavy atom. The van der Waals surface area contributed by atoms with Crippen molar-refractivity contribution in [3.05, 3.63) is 60.2 Å². The van der Waals surface area contributed by atoms with Crippen LogP contribution in [0.4, 0.5) is 5.69 Å². The Kier molecular flexibility index (Phi) is 4.62. The zero-order chi connectivity index (χ0) is 16.2. The highest BCUT2D eigenvalue weighted by Crippen LogP contribution is 2.26. The molecule has 0 aliphatic carbocycles. The van der Waals surface area contributed by atoms with Gasteiger partial charge in [0, 0.05) is 30.9 Å². The number of anilines is 1. The first-order valence-corrected chi connectivity index (χ1v) is 8.65. The Balaban J connectivity index is 2.00. The topological polar surface area (TPSA) is 53.4 Å². The third-order valence-corrected chi connectivity index (χ3v) is 4.21.